The molecule has 0 N–H and O–H groups in total. The quantitative estimate of drug-likeness (QED) is 0.625. The van der Waals surface area contributed by atoms with Gasteiger partial charge >= 0.3 is 0 Å². The maximum Gasteiger partial charge on any atom is 0.158 e. The fraction of sp³-hybridized carbons (Fsp3) is 0. The van der Waals surface area contributed by atoms with Gasteiger partial charge in [0.2, 0.25) is 0 Å². The van der Waals surface area contributed by atoms with E-state index in [1.165, 1.54) is 6.33 Å². The summed E-state index contributed by atoms with van der Waals surface area (Å²) in [6.07, 6.45) is 4.80. The fourth-order valence-electron chi connectivity index (χ4n) is 0.679. The molecule has 6 heteroatoms. The molecular weight excluding hydrogens is 187 g/mol. The van der Waals surface area contributed by atoms with Crippen molar-refractivity contribution in [3.05, 3.63) is 24.9 Å². The molecule has 0 saturated carbocycles. The van der Waals surface area contributed by atoms with Crippen LogP contribution in [0.5, 0.6) is 0 Å². The van der Waals surface area contributed by atoms with Gasteiger partial charge in [-0.1, -0.05) is 0 Å². The lowest BCUT2D eigenvalue weighted by atomic mass is 10.6. The van der Waals surface area contributed by atoms with Crippen LogP contribution >= 0.6 is 24.8 Å². The Hall–Kier alpha value is -0.870. The third kappa shape index (κ3) is 1.78. The van der Waals surface area contributed by atoms with Crippen LogP contribution in [0.1, 0.15) is 0 Å². The van der Waals surface area contributed by atoms with Crippen molar-refractivity contribution in [3.8, 4) is 0 Å². The summed E-state index contributed by atoms with van der Waals surface area (Å²) in [4.78, 5) is 7.78. The van der Waals surface area contributed by atoms with Gasteiger partial charge in [-0.05, 0) is 0 Å². The summed E-state index contributed by atoms with van der Waals surface area (Å²) in [6.45, 7) is 0. The number of hydrogen-bond donors (Lipinski definition) is 0. The zero-order valence-corrected chi connectivity index (χ0v) is 7.05. The monoisotopic (exact) mass is 192 g/mol. The molecule has 0 aromatic carbocycles. The number of fused-ring (bicyclic) bond motifs is 1. The Morgan fingerprint density at radius 1 is 1.27 bits per heavy atom. The lowest BCUT2D eigenvalue weighted by molar-refractivity contribution is 0.921. The van der Waals surface area contributed by atoms with Crippen LogP contribution < -0.4 is 0 Å². The van der Waals surface area contributed by atoms with Gasteiger partial charge in [0.15, 0.2) is 5.65 Å². The smallest absolute Gasteiger partial charge is 0.158 e. The van der Waals surface area contributed by atoms with Crippen molar-refractivity contribution in [2.45, 2.75) is 0 Å². The molecule has 0 radical (unpaired) electrons. The summed E-state index contributed by atoms with van der Waals surface area (Å²) in [7, 11) is 0. The van der Waals surface area contributed by atoms with E-state index >= 15 is 0 Å². The van der Waals surface area contributed by atoms with Gasteiger partial charge in [0.1, 0.15) is 12.7 Å². The highest BCUT2D eigenvalue weighted by molar-refractivity contribution is 5.85. The lowest BCUT2D eigenvalue weighted by Crippen LogP contribution is -1.85. The van der Waals surface area contributed by atoms with Gasteiger partial charge in [-0.15, -0.1) is 24.8 Å². The second-order valence-corrected chi connectivity index (χ2v) is 1.64. The van der Waals surface area contributed by atoms with Crippen LogP contribution in [0.3, 0.4) is 0 Å². The van der Waals surface area contributed by atoms with Crippen LogP contribution in [0.15, 0.2) is 24.9 Å². The topological polar surface area (TPSA) is 43.1 Å². The summed E-state index contributed by atoms with van der Waals surface area (Å²) in [6, 6.07) is 1.80. The Labute approximate surface area is 75.5 Å². The lowest BCUT2D eigenvalue weighted by Gasteiger charge is -1.83. The molecule has 0 aliphatic heterocycles. The number of rotatable bonds is 0. The highest BCUT2D eigenvalue weighted by Crippen LogP contribution is 1.90. The molecule has 11 heavy (non-hydrogen) atoms. The predicted molar refractivity (Wildman–Crippen MR) is 45.3 cm³/mol. The van der Waals surface area contributed by atoms with Gasteiger partial charge in [0.25, 0.3) is 0 Å². The summed E-state index contributed by atoms with van der Waals surface area (Å²) in [5.41, 5.74) is 0.824. The van der Waals surface area contributed by atoms with Gasteiger partial charge < -0.3 is 0 Å². The third-order valence-corrected chi connectivity index (χ3v) is 1.09. The molecule has 60 valence electrons. The number of nitrogens with zero attached hydrogens (tertiary/aromatic N) is 4. The first kappa shape index (κ1) is 10.1. The highest BCUT2D eigenvalue weighted by atomic mass is 35.5. The molecule has 0 spiro atoms. The van der Waals surface area contributed by atoms with Crippen LogP contribution in [0.2, 0.25) is 0 Å². The maximum atomic E-state index is 3.93. The standard InChI is InChI=1S/C5H4N4.2ClH/c1-2-6-4-9-5(1)7-3-8-9;;/h1-4H;2*1H. The van der Waals surface area contributed by atoms with Gasteiger partial charge in [-0.25, -0.2) is 14.5 Å². The maximum absolute atomic E-state index is 3.93. The molecule has 0 unspecified atom stereocenters. The first-order valence-electron chi connectivity index (χ1n) is 2.56. The molecule has 4 nitrogen and oxygen atoms in total. The number of halogens is 2. The van der Waals surface area contributed by atoms with Crippen molar-refractivity contribution < 1.29 is 0 Å². The van der Waals surface area contributed by atoms with Crippen molar-refractivity contribution in [2.75, 3.05) is 0 Å². The minimum absolute atomic E-state index is 0. The first-order valence-corrected chi connectivity index (χ1v) is 2.56. The number of aromatic nitrogens is 4. The van der Waals surface area contributed by atoms with E-state index < -0.39 is 0 Å². The molecule has 0 fully saturated rings. The van der Waals surface area contributed by atoms with Crippen LogP contribution in [-0.2, 0) is 0 Å². The highest BCUT2D eigenvalue weighted by Gasteiger charge is 1.87. The number of hydrogen-bond acceptors (Lipinski definition) is 3. The molecule has 2 rings (SSSR count). The van der Waals surface area contributed by atoms with E-state index in [1.54, 1.807) is 23.1 Å². The average molecular weight is 193 g/mol. The normalized spacial score (nSPS) is 8.36. The third-order valence-electron chi connectivity index (χ3n) is 1.09. The van der Waals surface area contributed by atoms with E-state index in [2.05, 4.69) is 15.1 Å². The molecule has 2 heterocycles. The molecule has 2 aromatic rings. The fourth-order valence-corrected chi connectivity index (χ4v) is 0.679. The van der Waals surface area contributed by atoms with E-state index in [0.717, 1.165) is 5.65 Å². The van der Waals surface area contributed by atoms with Crippen molar-refractivity contribution >= 4 is 30.5 Å². The van der Waals surface area contributed by atoms with Crippen molar-refractivity contribution in [1.29, 1.82) is 0 Å². The van der Waals surface area contributed by atoms with Gasteiger partial charge in [-0.3, -0.25) is 0 Å². The van der Waals surface area contributed by atoms with E-state index in [9.17, 15) is 0 Å². The van der Waals surface area contributed by atoms with Gasteiger partial charge in [0, 0.05) is 12.3 Å². The van der Waals surface area contributed by atoms with Crippen LogP contribution in [0.25, 0.3) is 5.65 Å². The molecule has 0 aliphatic carbocycles. The zero-order valence-electron chi connectivity index (χ0n) is 5.41. The van der Waals surface area contributed by atoms with Gasteiger partial charge in [-0.2, -0.15) is 5.10 Å². The second-order valence-electron chi connectivity index (χ2n) is 1.64. The van der Waals surface area contributed by atoms with Crippen molar-refractivity contribution in [3.63, 3.8) is 0 Å². The molecule has 0 aliphatic rings. The Balaban J connectivity index is 0.000000500. The molecule has 0 saturated heterocycles. The SMILES string of the molecule is Cl.Cl.c1cc2ncnn2cn1. The molecular formula is C5H6Cl2N4. The van der Waals surface area contributed by atoms with Crippen molar-refractivity contribution in [1.82, 2.24) is 19.6 Å². The predicted octanol–water partition coefficient (Wildman–Crippen LogP) is 0.968. The average Bonchev–Trinajstić information content (AvgIpc) is 2.33. The van der Waals surface area contributed by atoms with E-state index in [1.807, 2.05) is 0 Å². The van der Waals surface area contributed by atoms with Crippen LogP contribution in [0.4, 0.5) is 0 Å². The van der Waals surface area contributed by atoms with Crippen molar-refractivity contribution in [2.24, 2.45) is 0 Å². The van der Waals surface area contributed by atoms with Crippen LogP contribution in [-0.4, -0.2) is 19.6 Å². The molecule has 0 atom stereocenters. The second kappa shape index (κ2) is 4.10. The van der Waals surface area contributed by atoms with E-state index in [4.69, 9.17) is 0 Å². The summed E-state index contributed by atoms with van der Waals surface area (Å²) in [5, 5.41) is 3.86. The zero-order chi connectivity index (χ0) is 6.10. The summed E-state index contributed by atoms with van der Waals surface area (Å²) < 4.78 is 1.61. The first-order chi connectivity index (χ1) is 4.47. The molecule has 0 bridgehead atoms. The molecule has 0 amide bonds. The minimum Gasteiger partial charge on any atom is -0.245 e. The minimum atomic E-state index is 0. The van der Waals surface area contributed by atoms with Gasteiger partial charge in [0.05, 0.1) is 0 Å². The van der Waals surface area contributed by atoms with Crippen LogP contribution in [0, 0.1) is 0 Å². The largest absolute Gasteiger partial charge is 0.245 e. The Morgan fingerprint density at radius 3 is 2.82 bits per heavy atom. The Bertz CT molecular complexity index is 290. The van der Waals surface area contributed by atoms with E-state index in [0.29, 0.717) is 0 Å². The Morgan fingerprint density at radius 2 is 2.09 bits per heavy atom. The van der Waals surface area contributed by atoms with E-state index in [-0.39, 0.29) is 24.8 Å². The Kier molecular flexibility index (Phi) is 3.78. The molecule has 2 aromatic heterocycles. The summed E-state index contributed by atoms with van der Waals surface area (Å²) in [5.74, 6) is 0. The summed E-state index contributed by atoms with van der Waals surface area (Å²) >= 11 is 0.